The number of allylic oxidation sites excluding steroid dienone is 1. The number of hydrogen-bond acceptors (Lipinski definition) is 9. The van der Waals surface area contributed by atoms with Gasteiger partial charge in [-0.3, -0.25) is 0 Å². The highest BCUT2D eigenvalue weighted by molar-refractivity contribution is 8.03. The predicted octanol–water partition coefficient (Wildman–Crippen LogP) is 1.84. The third kappa shape index (κ3) is 7.41. The number of methoxy groups -OCH3 is 2. The summed E-state index contributed by atoms with van der Waals surface area (Å²) in [5.41, 5.74) is 12.4. The van der Waals surface area contributed by atoms with Gasteiger partial charge in [-0.25, -0.2) is 5.43 Å². The Balaban J connectivity index is 2.03. The van der Waals surface area contributed by atoms with Crippen LogP contribution in [0.5, 0.6) is 0 Å². The molecule has 2 aliphatic rings. The van der Waals surface area contributed by atoms with Gasteiger partial charge < -0.3 is 36.2 Å². The molecule has 2 aliphatic heterocycles. The molecule has 6 N–H and O–H groups in total. The van der Waals surface area contributed by atoms with Crippen LogP contribution in [-0.2, 0) is 9.47 Å². The van der Waals surface area contributed by atoms with Gasteiger partial charge >= 0.3 is 0 Å². The SMILES string of the molecule is CCN/C=C(\NN[C@H]1NC=C(N)S1)N1CCCC1/C=C/C(=C\[C@@H](CC)OC)OC. The molecular weight excluding hydrogens is 388 g/mol. The van der Waals surface area contributed by atoms with E-state index in [0.717, 1.165) is 49.0 Å². The van der Waals surface area contributed by atoms with E-state index >= 15 is 0 Å². The van der Waals surface area contributed by atoms with Crippen LogP contribution in [-0.4, -0.2) is 49.9 Å². The fourth-order valence-electron chi connectivity index (χ4n) is 3.19. The van der Waals surface area contributed by atoms with Crippen molar-refractivity contribution >= 4 is 11.8 Å². The van der Waals surface area contributed by atoms with E-state index in [-0.39, 0.29) is 17.6 Å². The lowest BCUT2D eigenvalue weighted by Crippen LogP contribution is -2.48. The van der Waals surface area contributed by atoms with Crippen molar-refractivity contribution in [3.05, 3.63) is 47.2 Å². The van der Waals surface area contributed by atoms with E-state index in [4.69, 9.17) is 15.2 Å². The van der Waals surface area contributed by atoms with E-state index in [9.17, 15) is 0 Å². The molecule has 2 heterocycles. The minimum Gasteiger partial charge on any atom is -0.497 e. The zero-order valence-corrected chi connectivity index (χ0v) is 18.7. The van der Waals surface area contributed by atoms with Gasteiger partial charge in [-0.15, -0.1) is 0 Å². The van der Waals surface area contributed by atoms with Gasteiger partial charge in [-0.2, -0.15) is 0 Å². The molecule has 1 fully saturated rings. The normalized spacial score (nSPS) is 23.9. The summed E-state index contributed by atoms with van der Waals surface area (Å²) in [5.74, 6) is 1.82. The maximum Gasteiger partial charge on any atom is 0.147 e. The summed E-state index contributed by atoms with van der Waals surface area (Å²) < 4.78 is 11.0. The first-order valence-electron chi connectivity index (χ1n) is 10.2. The highest BCUT2D eigenvalue weighted by Crippen LogP contribution is 2.23. The van der Waals surface area contributed by atoms with Gasteiger partial charge in [0.15, 0.2) is 0 Å². The number of rotatable bonds is 12. The van der Waals surface area contributed by atoms with E-state index < -0.39 is 0 Å². The number of ether oxygens (including phenoxy) is 2. The lowest BCUT2D eigenvalue weighted by molar-refractivity contribution is 0.133. The number of likely N-dealkylation sites (tertiary alicyclic amines) is 1. The van der Waals surface area contributed by atoms with Crippen LogP contribution in [0.25, 0.3) is 0 Å². The summed E-state index contributed by atoms with van der Waals surface area (Å²) in [7, 11) is 3.41. The summed E-state index contributed by atoms with van der Waals surface area (Å²) >= 11 is 1.54. The maximum atomic E-state index is 5.81. The topological polar surface area (TPSA) is 95.8 Å². The Morgan fingerprint density at radius 1 is 1.45 bits per heavy atom. The van der Waals surface area contributed by atoms with Gasteiger partial charge in [0.25, 0.3) is 0 Å². The van der Waals surface area contributed by atoms with Gasteiger partial charge in [0.2, 0.25) is 0 Å². The molecule has 0 amide bonds. The molecule has 0 aromatic carbocycles. The van der Waals surface area contributed by atoms with Crippen LogP contribution >= 0.6 is 11.8 Å². The number of hydrazine groups is 1. The second kappa shape index (κ2) is 12.6. The first-order valence-corrected chi connectivity index (χ1v) is 11.1. The molecule has 29 heavy (non-hydrogen) atoms. The Hall–Kier alpha value is -1.97. The number of nitrogens with zero attached hydrogens (tertiary/aromatic N) is 1. The average molecular weight is 425 g/mol. The molecule has 0 aromatic rings. The Labute approximate surface area is 179 Å². The first-order chi connectivity index (χ1) is 14.1. The van der Waals surface area contributed by atoms with Gasteiger partial charge in [0.05, 0.1) is 18.2 Å². The zero-order chi connectivity index (χ0) is 21.1. The minimum absolute atomic E-state index is 0.000305. The summed E-state index contributed by atoms with van der Waals surface area (Å²) in [4.78, 5) is 2.35. The quantitative estimate of drug-likeness (QED) is 0.183. The van der Waals surface area contributed by atoms with Crippen molar-refractivity contribution in [3.8, 4) is 0 Å². The largest absolute Gasteiger partial charge is 0.497 e. The molecule has 2 rings (SSSR count). The van der Waals surface area contributed by atoms with Gasteiger partial charge in [-0.05, 0) is 38.3 Å². The highest BCUT2D eigenvalue weighted by atomic mass is 32.2. The van der Waals surface area contributed by atoms with Crippen LogP contribution in [0.3, 0.4) is 0 Å². The summed E-state index contributed by atoms with van der Waals surface area (Å²) in [6.07, 6.45) is 13.3. The number of hydrogen-bond donors (Lipinski definition) is 5. The number of nitrogens with one attached hydrogen (secondary N) is 4. The monoisotopic (exact) mass is 424 g/mol. The molecule has 3 atom stereocenters. The highest BCUT2D eigenvalue weighted by Gasteiger charge is 2.25. The van der Waals surface area contributed by atoms with Crippen molar-refractivity contribution < 1.29 is 9.47 Å². The van der Waals surface area contributed by atoms with Gasteiger partial charge in [-0.1, -0.05) is 24.8 Å². The summed E-state index contributed by atoms with van der Waals surface area (Å²) in [6.45, 7) is 6.01. The van der Waals surface area contributed by atoms with E-state index in [1.54, 1.807) is 20.4 Å². The van der Waals surface area contributed by atoms with Crippen molar-refractivity contribution in [1.82, 2.24) is 26.4 Å². The number of nitrogens with two attached hydrogens (primary N) is 1. The van der Waals surface area contributed by atoms with E-state index in [1.807, 2.05) is 18.4 Å². The van der Waals surface area contributed by atoms with Gasteiger partial charge in [0.1, 0.15) is 17.1 Å². The molecule has 1 unspecified atom stereocenters. The molecule has 0 spiro atoms. The zero-order valence-electron chi connectivity index (χ0n) is 17.9. The molecule has 8 nitrogen and oxygen atoms in total. The fourth-order valence-corrected chi connectivity index (χ4v) is 3.85. The van der Waals surface area contributed by atoms with Crippen molar-refractivity contribution in [2.75, 3.05) is 27.3 Å². The van der Waals surface area contributed by atoms with Crippen molar-refractivity contribution in [2.45, 2.75) is 50.8 Å². The molecular formula is C20H36N6O2S. The summed E-state index contributed by atoms with van der Waals surface area (Å²) in [5, 5.41) is 7.25. The van der Waals surface area contributed by atoms with E-state index in [1.165, 1.54) is 11.8 Å². The maximum absolute atomic E-state index is 5.81. The van der Waals surface area contributed by atoms with E-state index in [0.29, 0.717) is 0 Å². The van der Waals surface area contributed by atoms with Crippen molar-refractivity contribution in [1.29, 1.82) is 0 Å². The predicted molar refractivity (Wildman–Crippen MR) is 120 cm³/mol. The molecule has 0 aliphatic carbocycles. The summed E-state index contributed by atoms with van der Waals surface area (Å²) in [6, 6.07) is 0.280. The Morgan fingerprint density at radius 2 is 2.28 bits per heavy atom. The second-order valence-electron chi connectivity index (χ2n) is 6.79. The lowest BCUT2D eigenvalue weighted by Gasteiger charge is -2.29. The first kappa shape index (κ1) is 23.3. The fraction of sp³-hybridized carbons (Fsp3) is 0.600. The molecule has 0 radical (unpaired) electrons. The molecule has 164 valence electrons. The molecule has 0 aromatic heterocycles. The average Bonchev–Trinajstić information content (AvgIpc) is 3.37. The van der Waals surface area contributed by atoms with Crippen molar-refractivity contribution in [2.24, 2.45) is 5.73 Å². The molecule has 0 saturated carbocycles. The van der Waals surface area contributed by atoms with Crippen LogP contribution in [0.2, 0.25) is 0 Å². The van der Waals surface area contributed by atoms with Crippen LogP contribution in [0.15, 0.2) is 47.2 Å². The molecule has 0 bridgehead atoms. The van der Waals surface area contributed by atoms with E-state index in [2.05, 4.69) is 46.3 Å². The van der Waals surface area contributed by atoms with Crippen LogP contribution < -0.4 is 27.2 Å². The minimum atomic E-state index is -0.000305. The third-order valence-electron chi connectivity index (χ3n) is 4.79. The molecule has 9 heteroatoms. The Bertz CT molecular complexity index is 618. The van der Waals surface area contributed by atoms with Crippen LogP contribution in [0.1, 0.15) is 33.1 Å². The smallest absolute Gasteiger partial charge is 0.147 e. The lowest BCUT2D eigenvalue weighted by atomic mass is 10.2. The van der Waals surface area contributed by atoms with Crippen molar-refractivity contribution in [3.63, 3.8) is 0 Å². The van der Waals surface area contributed by atoms with Gasteiger partial charge in [0, 0.05) is 38.6 Å². The van der Waals surface area contributed by atoms with Crippen LogP contribution in [0, 0.1) is 0 Å². The third-order valence-corrected chi connectivity index (χ3v) is 5.67. The Morgan fingerprint density at radius 3 is 2.90 bits per heavy atom. The van der Waals surface area contributed by atoms with Crippen LogP contribution in [0.4, 0.5) is 0 Å². The molecule has 1 saturated heterocycles. The number of thioether (sulfide) groups is 1. The second-order valence-corrected chi connectivity index (χ2v) is 7.96. The Kier molecular flexibility index (Phi) is 10.1. The standard InChI is InChI=1S/C20H36N6O2S/c1-5-16(27-3)12-17(28-4)10-9-15-8-7-11-26(15)19(14-22-6-2)24-25-20-23-13-18(21)29-20/h9-10,12-16,20,22-25H,5-8,11,21H2,1-4H3/b10-9+,17-12+,19-14+/t15?,16-,20-/m1/s1.